The SMILES string of the molecule is CCNC(=NCCCCOCC)NCCc1ccc(C)cc1C.I. The number of hydrogen-bond donors (Lipinski definition) is 2. The van der Waals surface area contributed by atoms with Gasteiger partial charge in [0.15, 0.2) is 5.96 Å². The summed E-state index contributed by atoms with van der Waals surface area (Å²) < 4.78 is 5.34. The Labute approximate surface area is 164 Å². The molecule has 0 aliphatic heterocycles. The van der Waals surface area contributed by atoms with E-state index in [9.17, 15) is 0 Å². The molecule has 2 N–H and O–H groups in total. The van der Waals surface area contributed by atoms with Crippen LogP contribution in [0.1, 0.15) is 43.4 Å². The van der Waals surface area contributed by atoms with Gasteiger partial charge in [-0.1, -0.05) is 23.8 Å². The Balaban J connectivity index is 0.00000529. The number of benzene rings is 1. The van der Waals surface area contributed by atoms with Crippen molar-refractivity contribution in [2.75, 3.05) is 32.8 Å². The molecule has 4 nitrogen and oxygen atoms in total. The Hall–Kier alpha value is -0.820. The second-order valence-corrected chi connectivity index (χ2v) is 5.77. The van der Waals surface area contributed by atoms with E-state index < -0.39 is 0 Å². The zero-order chi connectivity index (χ0) is 16.9. The zero-order valence-corrected chi connectivity index (χ0v) is 18.0. The van der Waals surface area contributed by atoms with E-state index in [2.05, 4.69) is 54.6 Å². The molecule has 0 atom stereocenters. The van der Waals surface area contributed by atoms with E-state index in [1.165, 1.54) is 16.7 Å². The summed E-state index contributed by atoms with van der Waals surface area (Å²) in [5.41, 5.74) is 4.08. The van der Waals surface area contributed by atoms with Gasteiger partial charge >= 0.3 is 0 Å². The number of ether oxygens (including phenoxy) is 1. The van der Waals surface area contributed by atoms with Crippen LogP contribution in [0.3, 0.4) is 0 Å². The van der Waals surface area contributed by atoms with Gasteiger partial charge in [-0.3, -0.25) is 4.99 Å². The van der Waals surface area contributed by atoms with Gasteiger partial charge in [-0.05, 0) is 58.1 Å². The number of hydrogen-bond acceptors (Lipinski definition) is 2. The average Bonchev–Trinajstić information content (AvgIpc) is 2.52. The first-order chi connectivity index (χ1) is 11.2. The number of nitrogens with one attached hydrogen (secondary N) is 2. The molecule has 0 heterocycles. The van der Waals surface area contributed by atoms with E-state index in [1.54, 1.807) is 0 Å². The maximum atomic E-state index is 5.34. The number of rotatable bonds is 10. The predicted octanol–water partition coefficient (Wildman–Crippen LogP) is 3.84. The molecule has 1 aromatic rings. The van der Waals surface area contributed by atoms with Crippen molar-refractivity contribution in [1.29, 1.82) is 0 Å². The van der Waals surface area contributed by atoms with Crippen molar-refractivity contribution < 1.29 is 4.74 Å². The van der Waals surface area contributed by atoms with Crippen LogP contribution in [0.15, 0.2) is 23.2 Å². The van der Waals surface area contributed by atoms with Crippen LogP contribution in [0, 0.1) is 13.8 Å². The molecular weight excluding hydrogens is 413 g/mol. The number of aryl methyl sites for hydroxylation is 2. The molecule has 0 unspecified atom stereocenters. The topological polar surface area (TPSA) is 45.7 Å². The van der Waals surface area contributed by atoms with E-state index in [4.69, 9.17) is 4.74 Å². The first-order valence-electron chi connectivity index (χ1n) is 8.83. The Morgan fingerprint density at radius 3 is 2.58 bits per heavy atom. The van der Waals surface area contributed by atoms with E-state index in [1.807, 2.05) is 6.92 Å². The smallest absolute Gasteiger partial charge is 0.191 e. The lowest BCUT2D eigenvalue weighted by molar-refractivity contribution is 0.144. The summed E-state index contributed by atoms with van der Waals surface area (Å²) in [6.07, 6.45) is 3.15. The highest BCUT2D eigenvalue weighted by Crippen LogP contribution is 2.10. The molecule has 0 saturated carbocycles. The maximum absolute atomic E-state index is 5.34. The van der Waals surface area contributed by atoms with Crippen LogP contribution in [0.4, 0.5) is 0 Å². The molecule has 1 aromatic carbocycles. The number of halogens is 1. The predicted molar refractivity (Wildman–Crippen MR) is 115 cm³/mol. The summed E-state index contributed by atoms with van der Waals surface area (Å²) >= 11 is 0. The van der Waals surface area contributed by atoms with Gasteiger partial charge in [-0.15, -0.1) is 24.0 Å². The minimum absolute atomic E-state index is 0. The third kappa shape index (κ3) is 10.1. The van der Waals surface area contributed by atoms with Gasteiger partial charge in [0.05, 0.1) is 0 Å². The lowest BCUT2D eigenvalue weighted by Gasteiger charge is -2.12. The Kier molecular flexibility index (Phi) is 14.0. The molecule has 0 aliphatic rings. The minimum atomic E-state index is 0. The highest BCUT2D eigenvalue weighted by atomic mass is 127. The molecule has 138 valence electrons. The molecule has 5 heteroatoms. The van der Waals surface area contributed by atoms with Gasteiger partial charge in [-0.2, -0.15) is 0 Å². The summed E-state index contributed by atoms with van der Waals surface area (Å²) in [7, 11) is 0. The summed E-state index contributed by atoms with van der Waals surface area (Å²) in [5, 5.41) is 6.72. The van der Waals surface area contributed by atoms with E-state index in [0.29, 0.717) is 0 Å². The Morgan fingerprint density at radius 2 is 1.92 bits per heavy atom. The molecule has 0 amide bonds. The first kappa shape index (κ1) is 23.2. The highest BCUT2D eigenvalue weighted by Gasteiger charge is 2.00. The standard InChI is InChI=1S/C19H33N3O.HI/c1-5-20-19(21-12-7-8-14-23-6-2)22-13-11-18-10-9-16(3)15-17(18)4;/h9-10,15H,5-8,11-14H2,1-4H3,(H2,20,21,22);1H. The number of nitrogens with zero attached hydrogens (tertiary/aromatic N) is 1. The van der Waals surface area contributed by atoms with Gasteiger partial charge in [0.1, 0.15) is 0 Å². The van der Waals surface area contributed by atoms with Crippen molar-refractivity contribution >= 4 is 29.9 Å². The van der Waals surface area contributed by atoms with Gasteiger partial charge in [0.25, 0.3) is 0 Å². The lowest BCUT2D eigenvalue weighted by atomic mass is 10.0. The Morgan fingerprint density at radius 1 is 1.12 bits per heavy atom. The molecule has 0 fully saturated rings. The third-order valence-corrected chi connectivity index (χ3v) is 3.70. The van der Waals surface area contributed by atoms with Crippen LogP contribution in [0.5, 0.6) is 0 Å². The van der Waals surface area contributed by atoms with Crippen molar-refractivity contribution in [1.82, 2.24) is 10.6 Å². The van der Waals surface area contributed by atoms with Gasteiger partial charge in [-0.25, -0.2) is 0 Å². The van der Waals surface area contributed by atoms with Crippen LogP contribution < -0.4 is 10.6 Å². The fraction of sp³-hybridized carbons (Fsp3) is 0.632. The van der Waals surface area contributed by atoms with Crippen LogP contribution in [-0.4, -0.2) is 38.8 Å². The third-order valence-electron chi connectivity index (χ3n) is 3.70. The molecular formula is C19H34IN3O. The maximum Gasteiger partial charge on any atom is 0.191 e. The highest BCUT2D eigenvalue weighted by molar-refractivity contribution is 14.0. The van der Waals surface area contributed by atoms with E-state index in [0.717, 1.165) is 58.1 Å². The lowest BCUT2D eigenvalue weighted by Crippen LogP contribution is -2.38. The average molecular weight is 447 g/mol. The zero-order valence-electron chi connectivity index (χ0n) is 15.7. The summed E-state index contributed by atoms with van der Waals surface area (Å²) in [4.78, 5) is 4.62. The monoisotopic (exact) mass is 447 g/mol. The van der Waals surface area contributed by atoms with Crippen molar-refractivity contribution in [2.24, 2.45) is 4.99 Å². The Bertz CT molecular complexity index is 478. The van der Waals surface area contributed by atoms with E-state index >= 15 is 0 Å². The molecule has 0 aliphatic carbocycles. The number of aliphatic imine (C=N–C) groups is 1. The van der Waals surface area contributed by atoms with Crippen molar-refractivity contribution in [2.45, 2.75) is 47.0 Å². The largest absolute Gasteiger partial charge is 0.382 e. The van der Waals surface area contributed by atoms with Gasteiger partial charge < -0.3 is 15.4 Å². The summed E-state index contributed by atoms with van der Waals surface area (Å²) in [6, 6.07) is 6.65. The number of guanidine groups is 1. The van der Waals surface area contributed by atoms with Crippen molar-refractivity contribution in [3.63, 3.8) is 0 Å². The quantitative estimate of drug-likeness (QED) is 0.248. The molecule has 0 aromatic heterocycles. The molecule has 0 radical (unpaired) electrons. The molecule has 0 spiro atoms. The molecule has 0 saturated heterocycles. The molecule has 24 heavy (non-hydrogen) atoms. The second kappa shape index (κ2) is 14.5. The number of unbranched alkanes of at least 4 members (excludes halogenated alkanes) is 1. The van der Waals surface area contributed by atoms with Crippen molar-refractivity contribution in [3.05, 3.63) is 34.9 Å². The van der Waals surface area contributed by atoms with Gasteiger partial charge in [0.2, 0.25) is 0 Å². The summed E-state index contributed by atoms with van der Waals surface area (Å²) in [6.45, 7) is 12.7. The van der Waals surface area contributed by atoms with Crippen LogP contribution >= 0.6 is 24.0 Å². The van der Waals surface area contributed by atoms with Crippen LogP contribution in [-0.2, 0) is 11.2 Å². The van der Waals surface area contributed by atoms with Crippen LogP contribution in [0.25, 0.3) is 0 Å². The second-order valence-electron chi connectivity index (χ2n) is 5.77. The van der Waals surface area contributed by atoms with Crippen molar-refractivity contribution in [3.8, 4) is 0 Å². The fourth-order valence-electron chi connectivity index (χ4n) is 2.43. The first-order valence-corrected chi connectivity index (χ1v) is 8.83. The van der Waals surface area contributed by atoms with E-state index in [-0.39, 0.29) is 24.0 Å². The minimum Gasteiger partial charge on any atom is -0.382 e. The van der Waals surface area contributed by atoms with Gasteiger partial charge in [0, 0.05) is 32.8 Å². The normalized spacial score (nSPS) is 11.1. The summed E-state index contributed by atoms with van der Waals surface area (Å²) in [5.74, 6) is 0.911. The molecule has 0 bridgehead atoms. The van der Waals surface area contributed by atoms with Crippen LogP contribution in [0.2, 0.25) is 0 Å². The fourth-order valence-corrected chi connectivity index (χ4v) is 2.43. The molecule has 1 rings (SSSR count).